The lowest BCUT2D eigenvalue weighted by Gasteiger charge is -2.30. The van der Waals surface area contributed by atoms with Crippen LogP contribution in [-0.4, -0.2) is 106 Å². The molecule has 2 aliphatic rings. The van der Waals surface area contributed by atoms with E-state index in [2.05, 4.69) is 20.3 Å². The molecule has 0 bridgehead atoms. The van der Waals surface area contributed by atoms with Crippen molar-refractivity contribution < 1.29 is 53.8 Å². The first-order valence-corrected chi connectivity index (χ1v) is 15.8. The lowest BCUT2D eigenvalue weighted by atomic mass is 9.91. The molecule has 0 radical (unpaired) electrons. The van der Waals surface area contributed by atoms with Gasteiger partial charge in [-0.05, 0) is 62.9 Å². The first kappa shape index (κ1) is 36.4. The number of carboxylic acid groups (broad SMARTS) is 2. The molecule has 2 aliphatic heterocycles. The molecular weight excluding hydrogens is 680 g/mol. The van der Waals surface area contributed by atoms with Crippen LogP contribution in [0.4, 0.5) is 16.3 Å². The molecule has 0 unspecified atom stereocenters. The van der Waals surface area contributed by atoms with Crippen molar-refractivity contribution in [2.45, 2.75) is 81.7 Å². The van der Waals surface area contributed by atoms with Gasteiger partial charge < -0.3 is 39.5 Å². The number of aliphatic carboxylic acids is 2. The Balaban J connectivity index is 1.39. The topological polar surface area (TPSA) is 236 Å². The third kappa shape index (κ3) is 7.06. The Morgan fingerprint density at radius 1 is 1.16 bits per heavy atom. The summed E-state index contributed by atoms with van der Waals surface area (Å²) in [5, 5.41) is 44.9. The molecule has 18 heteroatoms. The van der Waals surface area contributed by atoms with Crippen molar-refractivity contribution in [3.63, 3.8) is 0 Å². The van der Waals surface area contributed by atoms with E-state index in [1.165, 1.54) is 12.1 Å². The number of nitrogens with zero attached hydrogens (tertiary/aromatic N) is 5. The van der Waals surface area contributed by atoms with Gasteiger partial charge in [0.1, 0.15) is 17.8 Å². The fourth-order valence-electron chi connectivity index (χ4n) is 5.68. The summed E-state index contributed by atoms with van der Waals surface area (Å²) in [5.74, 6) is -1.85. The van der Waals surface area contributed by atoms with E-state index in [0.717, 1.165) is 23.7 Å². The second kappa shape index (κ2) is 13.8. The lowest BCUT2D eigenvalue weighted by molar-refractivity contribution is -0.191. The molecule has 266 valence electrons. The molecule has 2 saturated heterocycles. The molecule has 5 N–H and O–H groups in total. The number of hydrogen-bond acceptors (Lipinski definition) is 12. The average molecular weight is 715 g/mol. The first-order valence-electron chi connectivity index (χ1n) is 15.4. The maximum atomic E-state index is 12.5. The van der Waals surface area contributed by atoms with Crippen LogP contribution >= 0.6 is 11.6 Å². The van der Waals surface area contributed by atoms with Crippen molar-refractivity contribution in [1.82, 2.24) is 19.5 Å². The zero-order valence-electron chi connectivity index (χ0n) is 27.2. The van der Waals surface area contributed by atoms with Crippen LogP contribution in [-0.2, 0) is 35.0 Å². The number of fused-ring (bicyclic) bond motifs is 1. The number of piperidine rings is 1. The molecule has 1 aromatic carbocycles. The van der Waals surface area contributed by atoms with E-state index >= 15 is 0 Å². The summed E-state index contributed by atoms with van der Waals surface area (Å²) in [5.41, 5.74) is -5.47. The Morgan fingerprint density at radius 3 is 2.44 bits per heavy atom. The summed E-state index contributed by atoms with van der Waals surface area (Å²) < 4.78 is 17.8. The Morgan fingerprint density at radius 2 is 1.84 bits per heavy atom. The Hall–Kier alpha value is -4.86. The Labute approximate surface area is 290 Å². The van der Waals surface area contributed by atoms with E-state index in [4.69, 9.17) is 32.2 Å². The molecule has 0 aliphatic carbocycles. The summed E-state index contributed by atoms with van der Waals surface area (Å²) >= 11 is 6.12. The van der Waals surface area contributed by atoms with Crippen molar-refractivity contribution >= 4 is 58.2 Å². The van der Waals surface area contributed by atoms with E-state index in [9.17, 15) is 39.6 Å². The van der Waals surface area contributed by atoms with Crippen molar-refractivity contribution in [2.75, 3.05) is 23.4 Å². The van der Waals surface area contributed by atoms with E-state index in [1.807, 2.05) is 5.92 Å². The number of carbonyl (C=O) groups excluding carboxylic acids is 2. The molecule has 2 fully saturated rings. The summed E-state index contributed by atoms with van der Waals surface area (Å²) in [4.78, 5) is 63.6. The number of hydrogen-bond donors (Lipinski definition) is 5. The summed E-state index contributed by atoms with van der Waals surface area (Å²) in [6.45, 7) is 4.60. The van der Waals surface area contributed by atoms with Gasteiger partial charge in [0.15, 0.2) is 28.8 Å². The van der Waals surface area contributed by atoms with E-state index < -0.39 is 66.3 Å². The zero-order valence-corrected chi connectivity index (χ0v) is 28.0. The summed E-state index contributed by atoms with van der Waals surface area (Å²) in [6, 6.07) is 6.16. The maximum absolute atomic E-state index is 12.5. The average Bonchev–Trinajstić information content (AvgIpc) is 3.56. The summed E-state index contributed by atoms with van der Waals surface area (Å²) in [6.07, 6.45) is 2.13. The number of aliphatic hydroxyl groups excluding tert-OH is 1. The van der Waals surface area contributed by atoms with E-state index in [0.29, 0.717) is 18.7 Å². The van der Waals surface area contributed by atoms with Crippen molar-refractivity contribution in [3.8, 4) is 12.3 Å². The van der Waals surface area contributed by atoms with Crippen LogP contribution in [0.1, 0.15) is 51.8 Å². The van der Waals surface area contributed by atoms with Crippen molar-refractivity contribution in [1.29, 1.82) is 0 Å². The van der Waals surface area contributed by atoms with Crippen LogP contribution in [0, 0.1) is 12.3 Å². The number of benzene rings is 1. The number of aliphatic hydroxyl groups is 2. The minimum Gasteiger partial charge on any atom is -0.479 e. The SMILES string of the molecule is C#C[C@@]1(O)[C@@H](COC(Cc2ccc(N3CCCCC3=O)cc2)(C(=O)O)C(=O)O)O[C@@H](n2cnc3c(NC(=O)OC(C)(C)C)nc(Cl)nc32)[C@@H]1O. The number of aromatic nitrogens is 4. The van der Waals surface area contributed by atoms with Gasteiger partial charge in [-0.15, -0.1) is 6.42 Å². The number of nitrogens with one attached hydrogen (secondary N) is 1. The predicted octanol–water partition coefficient (Wildman–Crippen LogP) is 2.13. The monoisotopic (exact) mass is 714 g/mol. The summed E-state index contributed by atoms with van der Waals surface area (Å²) in [7, 11) is 0. The highest BCUT2D eigenvalue weighted by Gasteiger charge is 2.58. The Bertz CT molecular complexity index is 1840. The van der Waals surface area contributed by atoms with Crippen molar-refractivity contribution in [3.05, 3.63) is 41.4 Å². The third-order valence-electron chi connectivity index (χ3n) is 8.23. The highest BCUT2D eigenvalue weighted by atomic mass is 35.5. The van der Waals surface area contributed by atoms with Crippen molar-refractivity contribution in [2.24, 2.45) is 0 Å². The number of anilines is 2. The fraction of sp³-hybridized carbons (Fsp3) is 0.469. The van der Waals surface area contributed by atoms with Gasteiger partial charge >= 0.3 is 18.0 Å². The van der Waals surface area contributed by atoms with Gasteiger partial charge in [-0.25, -0.2) is 19.4 Å². The van der Waals surface area contributed by atoms with Crippen LogP contribution in [0.5, 0.6) is 0 Å². The normalized spacial score (nSPS) is 22.7. The molecule has 2 aromatic heterocycles. The van der Waals surface area contributed by atoms with E-state index in [-0.39, 0.29) is 33.7 Å². The highest BCUT2D eigenvalue weighted by Crippen LogP contribution is 2.40. The maximum Gasteiger partial charge on any atom is 0.413 e. The number of rotatable bonds is 10. The minimum atomic E-state index is -2.88. The van der Waals surface area contributed by atoms with Crippen LogP contribution < -0.4 is 10.2 Å². The minimum absolute atomic E-state index is 0.00792. The quantitative estimate of drug-likeness (QED) is 0.115. The first-order chi connectivity index (χ1) is 23.5. The van der Waals surface area contributed by atoms with Crippen LogP contribution in [0.15, 0.2) is 30.6 Å². The largest absolute Gasteiger partial charge is 0.479 e. The molecule has 2 amide bonds. The molecule has 0 saturated carbocycles. The molecule has 0 spiro atoms. The van der Waals surface area contributed by atoms with Gasteiger partial charge in [-0.2, -0.15) is 9.97 Å². The molecule has 3 aromatic rings. The standard InChI is InChI=1S/C32H35ClN6O11/c1-5-31(47)19(15-48-32(26(42)43,27(44)45)14-17-9-11-18(12-10-17)38-13-7-6-8-20(38)40)49-25(22(31)41)39-16-34-21-23(35-28(33)37-24(21)39)36-29(46)50-30(2,3)4/h1,9-12,16,19,22,25,41,47H,6-8,13-15H2,2-4H3,(H,42,43)(H,44,45)(H,35,36,37,46)/t19-,22+,25-,31-/m1/s1. The molecular formula is C32H35ClN6O11. The van der Waals surface area contributed by atoms with E-state index in [1.54, 1.807) is 37.8 Å². The second-order valence-corrected chi connectivity index (χ2v) is 13.2. The highest BCUT2D eigenvalue weighted by molar-refractivity contribution is 6.28. The number of halogens is 1. The number of carbonyl (C=O) groups is 4. The van der Waals surface area contributed by atoms with Crippen LogP contribution in [0.3, 0.4) is 0 Å². The molecule has 4 atom stereocenters. The lowest BCUT2D eigenvalue weighted by Crippen LogP contribution is -2.55. The number of amides is 2. The zero-order chi connectivity index (χ0) is 36.6. The fourth-order valence-corrected chi connectivity index (χ4v) is 5.84. The van der Waals surface area contributed by atoms with Gasteiger partial charge in [0.05, 0.1) is 12.9 Å². The molecule has 5 rings (SSSR count). The Kier molecular flexibility index (Phi) is 10.1. The van der Waals surface area contributed by atoms with Gasteiger partial charge in [0.25, 0.3) is 5.60 Å². The van der Waals surface area contributed by atoms with Gasteiger partial charge in [0.2, 0.25) is 11.2 Å². The van der Waals surface area contributed by atoms with Crippen LogP contribution in [0.25, 0.3) is 11.2 Å². The van der Waals surface area contributed by atoms with Gasteiger partial charge in [0, 0.05) is 25.1 Å². The molecule has 17 nitrogen and oxygen atoms in total. The second-order valence-electron chi connectivity index (χ2n) is 12.8. The predicted molar refractivity (Wildman–Crippen MR) is 174 cm³/mol. The van der Waals surface area contributed by atoms with Gasteiger partial charge in [-0.1, -0.05) is 18.1 Å². The number of carboxylic acids is 2. The number of terminal acetylenes is 1. The molecule has 4 heterocycles. The smallest absolute Gasteiger partial charge is 0.413 e. The number of ether oxygens (including phenoxy) is 3. The number of imidazole rings is 1. The van der Waals surface area contributed by atoms with Crippen LogP contribution in [0.2, 0.25) is 5.28 Å². The van der Waals surface area contributed by atoms with Gasteiger partial charge in [-0.3, -0.25) is 14.7 Å². The third-order valence-corrected chi connectivity index (χ3v) is 8.40. The molecule has 50 heavy (non-hydrogen) atoms.